The van der Waals surface area contributed by atoms with Crippen molar-refractivity contribution in [3.8, 4) is 6.07 Å². The van der Waals surface area contributed by atoms with Gasteiger partial charge in [0.1, 0.15) is 6.04 Å². The number of hydrogen-bond acceptors (Lipinski definition) is 5. The molecule has 2 saturated carbocycles. The highest BCUT2D eigenvalue weighted by molar-refractivity contribution is 5.82. The molecule has 4 amide bonds. The third-order valence-electron chi connectivity index (χ3n) is 7.45. The average Bonchev–Trinajstić information content (AvgIpc) is 3.53. The maximum absolute atomic E-state index is 11.8. The molecule has 36 heavy (non-hydrogen) atoms. The SMILES string of the molecule is CC1(C)C2CN(C(=O)CC3CC3)CC21.CC1(C)CC(CC(C#N)NC=O)C(=O)N1.NC(=O)C(F)(F)F. The van der Waals surface area contributed by atoms with Crippen molar-refractivity contribution in [3.63, 3.8) is 0 Å². The molecule has 4 N–H and O–H groups in total. The third kappa shape index (κ3) is 8.10. The van der Waals surface area contributed by atoms with E-state index in [0.29, 0.717) is 30.6 Å². The van der Waals surface area contributed by atoms with Gasteiger partial charge in [-0.3, -0.25) is 19.2 Å². The summed E-state index contributed by atoms with van der Waals surface area (Å²) < 4.78 is 32.1. The number of nitrogens with zero attached hydrogens (tertiary/aromatic N) is 2. The van der Waals surface area contributed by atoms with Crippen LogP contribution in [0.25, 0.3) is 0 Å². The molecule has 2 aliphatic heterocycles. The number of alkyl halides is 3. The minimum Gasteiger partial charge on any atom is -0.362 e. The third-order valence-corrected chi connectivity index (χ3v) is 7.45. The second-order valence-corrected chi connectivity index (χ2v) is 11.3. The van der Waals surface area contributed by atoms with Gasteiger partial charge in [-0.15, -0.1) is 0 Å². The number of rotatable bonds is 6. The number of nitrogens with two attached hydrogens (primary N) is 1. The number of fused-ring (bicyclic) bond motifs is 1. The van der Waals surface area contributed by atoms with E-state index in [4.69, 9.17) is 10.1 Å². The molecular weight excluding hydrogens is 479 g/mol. The summed E-state index contributed by atoms with van der Waals surface area (Å²) in [6.45, 7) is 10.7. The standard InChI is InChI=1S/C12H19NO.C10H15N3O2.C2H2F3NO/c1-12(2)9-6-13(7-10(9)12)11(14)5-8-3-4-8;1-10(2)4-7(9(15)13-10)3-8(5-11)12-6-14;3-2(4,5)1(6)7/h8-10H,3-7H2,1-2H3;6-8H,3-4H2,1-2H3,(H,12,14)(H,13,15);(H2,6,7). The molecule has 2 heterocycles. The predicted octanol–water partition coefficient (Wildman–Crippen LogP) is 1.86. The topological polar surface area (TPSA) is 145 Å². The van der Waals surface area contributed by atoms with Crippen molar-refractivity contribution in [1.82, 2.24) is 15.5 Å². The summed E-state index contributed by atoms with van der Waals surface area (Å²) in [4.78, 5) is 44.7. The Hall–Kier alpha value is -2.84. The largest absolute Gasteiger partial charge is 0.470 e. The number of hydrogen-bond donors (Lipinski definition) is 3. The van der Waals surface area contributed by atoms with E-state index < -0.39 is 18.1 Å². The molecule has 4 aliphatic rings. The Labute approximate surface area is 209 Å². The van der Waals surface area contributed by atoms with Crippen LogP contribution < -0.4 is 16.4 Å². The molecule has 4 atom stereocenters. The predicted molar refractivity (Wildman–Crippen MR) is 123 cm³/mol. The molecule has 2 saturated heterocycles. The van der Waals surface area contributed by atoms with E-state index in [1.165, 1.54) is 12.8 Å². The van der Waals surface area contributed by atoms with E-state index in [1.807, 2.05) is 19.9 Å². The number of carbonyl (C=O) groups is 4. The summed E-state index contributed by atoms with van der Waals surface area (Å²) in [5.74, 6) is 0.316. The lowest BCUT2D eigenvalue weighted by molar-refractivity contribution is -0.169. The number of piperidine rings is 1. The van der Waals surface area contributed by atoms with Gasteiger partial charge in [0.15, 0.2) is 0 Å². The molecule has 0 aromatic rings. The maximum atomic E-state index is 11.8. The number of amides is 4. The number of nitrogens with one attached hydrogen (secondary N) is 2. The minimum absolute atomic E-state index is 0.0343. The van der Waals surface area contributed by atoms with Crippen molar-refractivity contribution in [2.75, 3.05) is 13.1 Å². The zero-order valence-corrected chi connectivity index (χ0v) is 21.2. The van der Waals surface area contributed by atoms with Gasteiger partial charge in [0.05, 0.1) is 6.07 Å². The normalized spacial score (nSPS) is 27.6. The van der Waals surface area contributed by atoms with Crippen LogP contribution in [-0.2, 0) is 19.2 Å². The molecule has 4 rings (SSSR count). The zero-order valence-electron chi connectivity index (χ0n) is 21.2. The van der Waals surface area contributed by atoms with Crippen molar-refractivity contribution in [2.24, 2.45) is 34.8 Å². The number of nitriles is 1. The second kappa shape index (κ2) is 11.0. The Morgan fingerprint density at radius 1 is 1.25 bits per heavy atom. The molecule has 4 unspecified atom stereocenters. The molecule has 12 heteroatoms. The van der Waals surface area contributed by atoms with Gasteiger partial charge in [-0.1, -0.05) is 13.8 Å². The van der Waals surface area contributed by atoms with E-state index in [1.54, 1.807) is 0 Å². The maximum Gasteiger partial charge on any atom is 0.470 e. The van der Waals surface area contributed by atoms with Gasteiger partial charge >= 0.3 is 12.1 Å². The molecular formula is C24H36F3N5O4. The van der Waals surface area contributed by atoms with Gasteiger partial charge in [-0.2, -0.15) is 18.4 Å². The number of carbonyl (C=O) groups excluding carboxylic acids is 4. The van der Waals surface area contributed by atoms with Crippen LogP contribution in [0.5, 0.6) is 0 Å². The first-order valence-corrected chi connectivity index (χ1v) is 12.1. The number of halogens is 3. The summed E-state index contributed by atoms with van der Waals surface area (Å²) in [7, 11) is 0. The Bertz CT molecular complexity index is 881. The summed E-state index contributed by atoms with van der Waals surface area (Å²) in [5, 5.41) is 14.0. The quantitative estimate of drug-likeness (QED) is 0.463. The van der Waals surface area contributed by atoms with Crippen molar-refractivity contribution in [1.29, 1.82) is 5.26 Å². The first-order valence-electron chi connectivity index (χ1n) is 12.1. The van der Waals surface area contributed by atoms with E-state index in [9.17, 15) is 27.6 Å². The molecule has 4 fully saturated rings. The van der Waals surface area contributed by atoms with Crippen LogP contribution in [0.4, 0.5) is 13.2 Å². The van der Waals surface area contributed by atoms with Crippen molar-refractivity contribution in [2.45, 2.75) is 77.6 Å². The lowest BCUT2D eigenvalue weighted by Gasteiger charge is -2.22. The van der Waals surface area contributed by atoms with Crippen LogP contribution in [0.2, 0.25) is 0 Å². The van der Waals surface area contributed by atoms with Gasteiger partial charge in [0.25, 0.3) is 0 Å². The molecule has 9 nitrogen and oxygen atoms in total. The zero-order chi connectivity index (χ0) is 27.5. The highest BCUT2D eigenvalue weighted by Crippen LogP contribution is 2.62. The van der Waals surface area contributed by atoms with Crippen LogP contribution in [0.1, 0.15) is 59.8 Å². The lowest BCUT2D eigenvalue weighted by Crippen LogP contribution is -2.35. The Morgan fingerprint density at radius 3 is 2.14 bits per heavy atom. The van der Waals surface area contributed by atoms with E-state index >= 15 is 0 Å². The Balaban J connectivity index is 0.000000203. The molecule has 0 radical (unpaired) electrons. The van der Waals surface area contributed by atoms with E-state index in [-0.39, 0.29) is 17.4 Å². The first-order chi connectivity index (χ1) is 16.5. The van der Waals surface area contributed by atoms with Gasteiger partial charge in [-0.25, -0.2) is 0 Å². The van der Waals surface area contributed by atoms with Crippen LogP contribution in [0.15, 0.2) is 0 Å². The van der Waals surface area contributed by atoms with Crippen molar-refractivity contribution < 1.29 is 32.3 Å². The molecule has 0 aromatic heterocycles. The van der Waals surface area contributed by atoms with E-state index in [0.717, 1.165) is 37.3 Å². The van der Waals surface area contributed by atoms with Crippen molar-refractivity contribution in [3.05, 3.63) is 0 Å². The lowest BCUT2D eigenvalue weighted by atomic mass is 9.92. The fourth-order valence-corrected chi connectivity index (χ4v) is 4.94. The molecule has 2 aliphatic carbocycles. The Morgan fingerprint density at radius 2 is 1.78 bits per heavy atom. The van der Waals surface area contributed by atoms with Crippen LogP contribution >= 0.6 is 0 Å². The summed E-state index contributed by atoms with van der Waals surface area (Å²) >= 11 is 0. The highest BCUT2D eigenvalue weighted by Gasteiger charge is 2.62. The molecule has 202 valence electrons. The van der Waals surface area contributed by atoms with Gasteiger partial charge in [0, 0.05) is 31.0 Å². The van der Waals surface area contributed by atoms with Crippen molar-refractivity contribution >= 4 is 24.1 Å². The molecule has 0 spiro atoms. The van der Waals surface area contributed by atoms with Crippen LogP contribution in [-0.4, -0.2) is 59.9 Å². The fourth-order valence-electron chi connectivity index (χ4n) is 4.94. The van der Waals surface area contributed by atoms with Crippen LogP contribution in [0.3, 0.4) is 0 Å². The minimum atomic E-state index is -4.86. The number of primary amides is 1. The van der Waals surface area contributed by atoms with Gasteiger partial charge in [-0.05, 0) is 62.7 Å². The summed E-state index contributed by atoms with van der Waals surface area (Å²) in [5.41, 5.74) is 4.14. The Kier molecular flexibility index (Phi) is 9.02. The summed E-state index contributed by atoms with van der Waals surface area (Å²) in [6.07, 6.45) is 0.122. The van der Waals surface area contributed by atoms with Gasteiger partial charge < -0.3 is 21.3 Å². The van der Waals surface area contributed by atoms with Crippen LogP contribution in [0, 0.1) is 40.4 Å². The van der Waals surface area contributed by atoms with E-state index in [2.05, 4.69) is 35.1 Å². The smallest absolute Gasteiger partial charge is 0.362 e. The highest BCUT2D eigenvalue weighted by atomic mass is 19.4. The fraction of sp³-hybridized carbons (Fsp3) is 0.792. The summed E-state index contributed by atoms with van der Waals surface area (Å²) in [6, 6.07) is 1.38. The average molecular weight is 516 g/mol. The monoisotopic (exact) mass is 515 g/mol. The van der Waals surface area contributed by atoms with Gasteiger partial charge in [0.2, 0.25) is 18.2 Å². The second-order valence-electron chi connectivity index (χ2n) is 11.3. The molecule has 0 aromatic carbocycles. The first kappa shape index (κ1) is 29.4. The molecule has 0 bridgehead atoms. The number of likely N-dealkylation sites (tertiary alicyclic amines) is 1.